The summed E-state index contributed by atoms with van der Waals surface area (Å²) in [6.45, 7) is 10.0. The molecule has 0 bridgehead atoms. The van der Waals surface area contributed by atoms with Crippen LogP contribution in [0.5, 0.6) is 0 Å². The molecule has 2 rings (SSSR count). The fourth-order valence-electron chi connectivity index (χ4n) is 2.97. The lowest BCUT2D eigenvalue weighted by atomic mass is 9.92. The number of hydrogen-bond acceptors (Lipinski definition) is 3. The molecule has 0 aromatic carbocycles. The molecule has 1 unspecified atom stereocenters. The van der Waals surface area contributed by atoms with E-state index < -0.39 is 0 Å². The van der Waals surface area contributed by atoms with Crippen LogP contribution < -0.4 is 10.9 Å². The Morgan fingerprint density at radius 1 is 1.43 bits per heavy atom. The molecule has 5 heteroatoms. The number of nitrogens with zero attached hydrogens (tertiary/aromatic N) is 1. The molecule has 21 heavy (non-hydrogen) atoms. The highest BCUT2D eigenvalue weighted by molar-refractivity contribution is 5.95. The summed E-state index contributed by atoms with van der Waals surface area (Å²) >= 11 is 0. The van der Waals surface area contributed by atoms with Crippen molar-refractivity contribution in [2.75, 3.05) is 0 Å². The van der Waals surface area contributed by atoms with Gasteiger partial charge in [-0.25, -0.2) is 4.98 Å². The average Bonchev–Trinajstić information content (AvgIpc) is 2.67. The van der Waals surface area contributed by atoms with Gasteiger partial charge in [-0.3, -0.25) is 9.59 Å². The highest BCUT2D eigenvalue weighted by atomic mass is 16.2. The van der Waals surface area contributed by atoms with E-state index in [9.17, 15) is 9.59 Å². The van der Waals surface area contributed by atoms with E-state index in [2.05, 4.69) is 29.1 Å². The van der Waals surface area contributed by atoms with Gasteiger partial charge in [-0.1, -0.05) is 27.7 Å². The van der Waals surface area contributed by atoms with Crippen molar-refractivity contribution in [3.05, 3.63) is 27.4 Å². The second-order valence-electron chi connectivity index (χ2n) is 7.14. The van der Waals surface area contributed by atoms with E-state index in [1.54, 1.807) is 6.92 Å². The van der Waals surface area contributed by atoms with E-state index in [4.69, 9.17) is 0 Å². The number of amides is 1. The Kier molecular flexibility index (Phi) is 4.21. The maximum atomic E-state index is 12.4. The van der Waals surface area contributed by atoms with Crippen LogP contribution in [0.15, 0.2) is 4.79 Å². The normalized spacial score (nSPS) is 20.8. The third-order valence-electron chi connectivity index (χ3n) is 4.20. The first-order valence-corrected chi connectivity index (χ1v) is 7.61. The summed E-state index contributed by atoms with van der Waals surface area (Å²) in [5.74, 6) is 0.444. The molecule has 1 atom stereocenters. The molecule has 1 aromatic rings. The van der Waals surface area contributed by atoms with E-state index in [0.717, 1.165) is 19.3 Å². The van der Waals surface area contributed by atoms with E-state index >= 15 is 0 Å². The summed E-state index contributed by atoms with van der Waals surface area (Å²) in [7, 11) is 0. The fraction of sp³-hybridized carbons (Fsp3) is 0.688. The van der Waals surface area contributed by atoms with Gasteiger partial charge in [0.25, 0.3) is 11.5 Å². The summed E-state index contributed by atoms with van der Waals surface area (Å²) in [6.07, 6.45) is 3.01. The highest BCUT2D eigenvalue weighted by Gasteiger charge is 2.32. The number of carbonyl (C=O) groups is 1. The van der Waals surface area contributed by atoms with Gasteiger partial charge in [-0.2, -0.15) is 0 Å². The van der Waals surface area contributed by atoms with Crippen molar-refractivity contribution in [1.29, 1.82) is 0 Å². The zero-order valence-corrected chi connectivity index (χ0v) is 13.5. The van der Waals surface area contributed by atoms with Gasteiger partial charge in [0.15, 0.2) is 0 Å². The SMILES string of the molecule is Cc1nc(C(C)C)[nH]c(=O)c1C(=O)NC1CCC(C)(C)C1. The number of aromatic amines is 1. The summed E-state index contributed by atoms with van der Waals surface area (Å²) in [4.78, 5) is 31.6. The van der Waals surface area contributed by atoms with Gasteiger partial charge in [-0.05, 0) is 31.6 Å². The maximum absolute atomic E-state index is 12.4. The van der Waals surface area contributed by atoms with Crippen molar-refractivity contribution in [3.63, 3.8) is 0 Å². The van der Waals surface area contributed by atoms with Crippen LogP contribution in [0.2, 0.25) is 0 Å². The molecule has 0 saturated heterocycles. The zero-order valence-electron chi connectivity index (χ0n) is 13.5. The van der Waals surface area contributed by atoms with Gasteiger partial charge >= 0.3 is 0 Å². The lowest BCUT2D eigenvalue weighted by molar-refractivity contribution is 0.0933. The lowest BCUT2D eigenvalue weighted by Gasteiger charge is -2.18. The third kappa shape index (κ3) is 3.52. The minimum absolute atomic E-state index is 0.129. The highest BCUT2D eigenvalue weighted by Crippen LogP contribution is 2.36. The van der Waals surface area contributed by atoms with Gasteiger partial charge in [0.05, 0.1) is 5.69 Å². The van der Waals surface area contributed by atoms with Crippen LogP contribution in [-0.4, -0.2) is 21.9 Å². The number of rotatable bonds is 3. The van der Waals surface area contributed by atoms with E-state index in [0.29, 0.717) is 11.5 Å². The molecule has 1 aliphatic rings. The molecule has 1 saturated carbocycles. The van der Waals surface area contributed by atoms with Crippen LogP contribution in [0, 0.1) is 12.3 Å². The van der Waals surface area contributed by atoms with Crippen molar-refractivity contribution < 1.29 is 4.79 Å². The minimum atomic E-state index is -0.346. The number of H-pyrrole nitrogens is 1. The van der Waals surface area contributed by atoms with Crippen LogP contribution in [0.1, 0.15) is 74.8 Å². The second kappa shape index (κ2) is 5.62. The van der Waals surface area contributed by atoms with Crippen LogP contribution >= 0.6 is 0 Å². The minimum Gasteiger partial charge on any atom is -0.349 e. The van der Waals surface area contributed by atoms with Gasteiger partial charge in [-0.15, -0.1) is 0 Å². The quantitative estimate of drug-likeness (QED) is 0.898. The summed E-state index contributed by atoms with van der Waals surface area (Å²) in [5.41, 5.74) is 0.557. The largest absolute Gasteiger partial charge is 0.349 e. The third-order valence-corrected chi connectivity index (χ3v) is 4.20. The molecular weight excluding hydrogens is 266 g/mol. The van der Waals surface area contributed by atoms with Gasteiger partial charge < -0.3 is 10.3 Å². The first-order valence-electron chi connectivity index (χ1n) is 7.61. The Hall–Kier alpha value is -1.65. The smallest absolute Gasteiger partial charge is 0.264 e. The number of nitrogens with one attached hydrogen (secondary N) is 2. The van der Waals surface area contributed by atoms with E-state index in [-0.39, 0.29) is 34.4 Å². The molecule has 0 aliphatic heterocycles. The molecular formula is C16H25N3O2. The van der Waals surface area contributed by atoms with Crippen LogP contribution in [0.4, 0.5) is 0 Å². The van der Waals surface area contributed by atoms with Gasteiger partial charge in [0.1, 0.15) is 11.4 Å². The number of aromatic nitrogens is 2. The average molecular weight is 291 g/mol. The van der Waals surface area contributed by atoms with Crippen molar-refractivity contribution in [2.45, 2.75) is 65.8 Å². The van der Waals surface area contributed by atoms with E-state index in [1.165, 1.54) is 0 Å². The van der Waals surface area contributed by atoms with Crippen LogP contribution in [0.3, 0.4) is 0 Å². The van der Waals surface area contributed by atoms with Gasteiger partial charge in [0.2, 0.25) is 0 Å². The molecule has 1 aromatic heterocycles. The molecule has 0 radical (unpaired) electrons. The molecule has 1 fully saturated rings. The molecule has 5 nitrogen and oxygen atoms in total. The van der Waals surface area contributed by atoms with E-state index in [1.807, 2.05) is 13.8 Å². The molecule has 1 amide bonds. The van der Waals surface area contributed by atoms with Crippen molar-refractivity contribution in [1.82, 2.24) is 15.3 Å². The number of carbonyl (C=O) groups excluding carboxylic acids is 1. The Balaban J connectivity index is 2.19. The first kappa shape index (κ1) is 15.7. The molecule has 2 N–H and O–H groups in total. The van der Waals surface area contributed by atoms with Crippen LogP contribution in [-0.2, 0) is 0 Å². The predicted octanol–water partition coefficient (Wildman–Crippen LogP) is 2.51. The monoisotopic (exact) mass is 291 g/mol. The van der Waals surface area contributed by atoms with Crippen molar-refractivity contribution in [3.8, 4) is 0 Å². The maximum Gasteiger partial charge on any atom is 0.264 e. The summed E-state index contributed by atoms with van der Waals surface area (Å²) in [6, 6.07) is 0.149. The molecule has 1 aliphatic carbocycles. The number of aryl methyl sites for hydroxylation is 1. The Labute approximate surface area is 125 Å². The topological polar surface area (TPSA) is 74.8 Å². The summed E-state index contributed by atoms with van der Waals surface area (Å²) in [5, 5.41) is 2.98. The first-order chi connectivity index (χ1) is 9.69. The molecule has 1 heterocycles. The molecule has 0 spiro atoms. The fourth-order valence-corrected chi connectivity index (χ4v) is 2.97. The zero-order chi connectivity index (χ0) is 15.8. The Morgan fingerprint density at radius 2 is 2.10 bits per heavy atom. The standard InChI is InChI=1S/C16H25N3O2/c1-9(2)13-17-10(3)12(15(21)19-13)14(20)18-11-6-7-16(4,5)8-11/h9,11H,6-8H2,1-5H3,(H,18,20)(H,17,19,21). The molecule has 116 valence electrons. The lowest BCUT2D eigenvalue weighted by Crippen LogP contribution is -2.38. The Morgan fingerprint density at radius 3 is 2.57 bits per heavy atom. The second-order valence-corrected chi connectivity index (χ2v) is 7.14. The van der Waals surface area contributed by atoms with Crippen molar-refractivity contribution in [2.24, 2.45) is 5.41 Å². The van der Waals surface area contributed by atoms with Crippen LogP contribution in [0.25, 0.3) is 0 Å². The van der Waals surface area contributed by atoms with Crippen molar-refractivity contribution >= 4 is 5.91 Å². The predicted molar refractivity (Wildman–Crippen MR) is 82.6 cm³/mol. The number of hydrogen-bond donors (Lipinski definition) is 2. The Bertz CT molecular complexity index is 602. The van der Waals surface area contributed by atoms with Gasteiger partial charge in [0, 0.05) is 12.0 Å². The summed E-state index contributed by atoms with van der Waals surface area (Å²) < 4.78 is 0.